The number of aryl methyl sites for hydroxylation is 2. The predicted octanol–water partition coefficient (Wildman–Crippen LogP) is 1.95. The molecule has 0 bridgehead atoms. The summed E-state index contributed by atoms with van der Waals surface area (Å²) in [7, 11) is -3.21. The van der Waals surface area contributed by atoms with Crippen molar-refractivity contribution in [3.05, 3.63) is 64.2 Å². The second-order valence-corrected chi connectivity index (χ2v) is 11.2. The van der Waals surface area contributed by atoms with Crippen LogP contribution in [0, 0.1) is 13.8 Å². The molecule has 178 valence electrons. The molecule has 2 aromatic rings. The molecule has 1 saturated heterocycles. The minimum atomic E-state index is -3.21. The molecule has 4 rings (SSSR count). The smallest absolute Gasteiger partial charge is 0.338 e. The van der Waals surface area contributed by atoms with Gasteiger partial charge in [0.2, 0.25) is 0 Å². The molecule has 0 radical (unpaired) electrons. The number of carbonyl (C=O) groups is 4. The third kappa shape index (κ3) is 4.45. The van der Waals surface area contributed by atoms with E-state index in [4.69, 9.17) is 4.74 Å². The monoisotopic (exact) mass is 484 g/mol. The zero-order valence-corrected chi connectivity index (χ0v) is 19.8. The number of hydrogen-bond acceptors (Lipinski definition) is 7. The summed E-state index contributed by atoms with van der Waals surface area (Å²) in [6.07, 6.45) is 0.285. The Labute approximate surface area is 197 Å². The number of ether oxygens (including phenoxy) is 1. The Morgan fingerprint density at radius 2 is 1.76 bits per heavy atom. The van der Waals surface area contributed by atoms with Crippen molar-refractivity contribution in [2.75, 3.05) is 23.0 Å². The maximum atomic E-state index is 13.0. The van der Waals surface area contributed by atoms with Gasteiger partial charge in [0.25, 0.3) is 17.7 Å². The normalized spacial score (nSPS) is 20.9. The molecule has 1 fully saturated rings. The van der Waals surface area contributed by atoms with Gasteiger partial charge in [0.05, 0.1) is 39.4 Å². The minimum absolute atomic E-state index is 0.00939. The average Bonchev–Trinajstić information content (AvgIpc) is 3.19. The highest BCUT2D eigenvalue weighted by molar-refractivity contribution is 7.91. The molecule has 10 heteroatoms. The largest absolute Gasteiger partial charge is 0.452 e. The summed E-state index contributed by atoms with van der Waals surface area (Å²) in [6.45, 7) is 4.68. The van der Waals surface area contributed by atoms with Gasteiger partial charge in [-0.05, 0) is 62.6 Å². The average molecular weight is 485 g/mol. The van der Waals surface area contributed by atoms with Gasteiger partial charge in [-0.3, -0.25) is 14.4 Å². The van der Waals surface area contributed by atoms with Crippen molar-refractivity contribution >= 4 is 39.2 Å². The van der Waals surface area contributed by atoms with Gasteiger partial charge in [0.15, 0.2) is 16.4 Å². The fourth-order valence-corrected chi connectivity index (χ4v) is 6.34. The lowest BCUT2D eigenvalue weighted by atomic mass is 10.0. The predicted molar refractivity (Wildman–Crippen MR) is 124 cm³/mol. The lowest BCUT2D eigenvalue weighted by Crippen LogP contribution is -2.48. The minimum Gasteiger partial charge on any atom is -0.452 e. The van der Waals surface area contributed by atoms with E-state index in [1.165, 1.54) is 18.2 Å². The van der Waals surface area contributed by atoms with E-state index in [9.17, 15) is 27.6 Å². The number of carbonyl (C=O) groups excluding carboxylic acids is 4. The van der Waals surface area contributed by atoms with Crippen molar-refractivity contribution in [3.8, 4) is 0 Å². The summed E-state index contributed by atoms with van der Waals surface area (Å²) >= 11 is 0. The SMILES string of the molecule is Cc1ccc(C)c(N2C(=O)c3ccc(C(=O)OCC(=O)NC4(C)CCS(=O)(=O)C4)cc3C2=O)c1. The molecule has 0 spiro atoms. The number of hydrogen-bond donors (Lipinski definition) is 1. The van der Waals surface area contributed by atoms with E-state index in [-0.39, 0.29) is 34.6 Å². The lowest BCUT2D eigenvalue weighted by molar-refractivity contribution is -0.125. The fourth-order valence-electron chi connectivity index (χ4n) is 4.24. The van der Waals surface area contributed by atoms with Gasteiger partial charge in [-0.1, -0.05) is 12.1 Å². The van der Waals surface area contributed by atoms with Crippen LogP contribution in [0.1, 0.15) is 55.5 Å². The Morgan fingerprint density at radius 3 is 2.44 bits per heavy atom. The third-order valence-corrected chi connectivity index (χ3v) is 7.91. The Balaban J connectivity index is 1.46. The molecule has 2 heterocycles. The molecule has 1 N–H and O–H groups in total. The molecule has 9 nitrogen and oxygen atoms in total. The Morgan fingerprint density at radius 1 is 1.06 bits per heavy atom. The molecule has 1 atom stereocenters. The standard InChI is InChI=1S/C24H24N2O7S/c1-14-4-5-15(2)19(10-14)26-21(28)17-7-6-16(11-18(17)22(26)29)23(30)33-12-20(27)25-24(3)8-9-34(31,32)13-24/h4-7,10-11H,8-9,12-13H2,1-3H3,(H,25,27). The number of benzene rings is 2. The molecule has 34 heavy (non-hydrogen) atoms. The second kappa shape index (κ2) is 8.35. The van der Waals surface area contributed by atoms with E-state index in [1.807, 2.05) is 19.1 Å². The highest BCUT2D eigenvalue weighted by Gasteiger charge is 2.40. The summed E-state index contributed by atoms with van der Waals surface area (Å²) in [5.74, 6) is -2.67. The van der Waals surface area contributed by atoms with Crippen molar-refractivity contribution in [3.63, 3.8) is 0 Å². The van der Waals surface area contributed by atoms with Crippen LogP contribution >= 0.6 is 0 Å². The quantitative estimate of drug-likeness (QED) is 0.508. The summed E-state index contributed by atoms with van der Waals surface area (Å²) in [5.41, 5.74) is 1.50. The first kappa shape index (κ1) is 23.6. The Kier molecular flexibility index (Phi) is 5.80. The number of fused-ring (bicyclic) bond motifs is 1. The number of anilines is 1. The van der Waals surface area contributed by atoms with Gasteiger partial charge in [-0.2, -0.15) is 0 Å². The van der Waals surface area contributed by atoms with Crippen molar-refractivity contribution < 1.29 is 32.3 Å². The maximum absolute atomic E-state index is 13.0. The van der Waals surface area contributed by atoms with E-state index < -0.39 is 45.7 Å². The van der Waals surface area contributed by atoms with Gasteiger partial charge in [0.1, 0.15) is 0 Å². The summed E-state index contributed by atoms with van der Waals surface area (Å²) in [6, 6.07) is 9.49. The first-order valence-electron chi connectivity index (χ1n) is 10.7. The number of imide groups is 1. The zero-order valence-electron chi connectivity index (χ0n) is 19.0. The summed E-state index contributed by atoms with van der Waals surface area (Å²) in [4.78, 5) is 51.7. The first-order valence-corrected chi connectivity index (χ1v) is 12.5. The van der Waals surface area contributed by atoms with Crippen LogP contribution in [-0.4, -0.2) is 55.8 Å². The number of nitrogens with zero attached hydrogens (tertiary/aromatic N) is 1. The maximum Gasteiger partial charge on any atom is 0.338 e. The molecular formula is C24H24N2O7S. The van der Waals surface area contributed by atoms with Gasteiger partial charge >= 0.3 is 5.97 Å². The van der Waals surface area contributed by atoms with Crippen molar-refractivity contribution in [1.29, 1.82) is 0 Å². The van der Waals surface area contributed by atoms with Crippen LogP contribution in [0.25, 0.3) is 0 Å². The molecule has 2 aromatic carbocycles. The number of nitrogens with one attached hydrogen (secondary N) is 1. The molecule has 0 aliphatic carbocycles. The van der Waals surface area contributed by atoms with E-state index in [0.717, 1.165) is 16.0 Å². The van der Waals surface area contributed by atoms with Crippen LogP contribution in [-0.2, 0) is 19.4 Å². The van der Waals surface area contributed by atoms with Crippen LogP contribution in [0.5, 0.6) is 0 Å². The van der Waals surface area contributed by atoms with E-state index in [2.05, 4.69) is 5.32 Å². The number of amides is 3. The van der Waals surface area contributed by atoms with Crippen molar-refractivity contribution in [2.24, 2.45) is 0 Å². The molecule has 0 aromatic heterocycles. The second-order valence-electron chi connectivity index (χ2n) is 9.02. The van der Waals surface area contributed by atoms with Gasteiger partial charge in [-0.15, -0.1) is 0 Å². The summed E-state index contributed by atoms with van der Waals surface area (Å²) in [5, 5.41) is 2.61. The van der Waals surface area contributed by atoms with E-state index >= 15 is 0 Å². The van der Waals surface area contributed by atoms with Crippen LogP contribution in [0.3, 0.4) is 0 Å². The fraction of sp³-hybridized carbons (Fsp3) is 0.333. The van der Waals surface area contributed by atoms with E-state index in [0.29, 0.717) is 5.69 Å². The van der Waals surface area contributed by atoms with Crippen LogP contribution in [0.2, 0.25) is 0 Å². The third-order valence-electron chi connectivity index (χ3n) is 6.01. The molecule has 2 aliphatic heterocycles. The molecule has 3 amide bonds. The highest BCUT2D eigenvalue weighted by atomic mass is 32.2. The zero-order chi connectivity index (χ0) is 24.8. The van der Waals surface area contributed by atoms with Gasteiger partial charge in [0, 0.05) is 0 Å². The van der Waals surface area contributed by atoms with Crippen molar-refractivity contribution in [2.45, 2.75) is 32.7 Å². The van der Waals surface area contributed by atoms with Gasteiger partial charge < -0.3 is 10.1 Å². The Hall–Kier alpha value is -3.53. The molecule has 2 aliphatic rings. The van der Waals surface area contributed by atoms with Crippen molar-refractivity contribution in [1.82, 2.24) is 5.32 Å². The summed E-state index contributed by atoms with van der Waals surface area (Å²) < 4.78 is 28.4. The van der Waals surface area contributed by atoms with Crippen LogP contribution in [0.4, 0.5) is 5.69 Å². The topological polar surface area (TPSA) is 127 Å². The number of rotatable bonds is 5. The van der Waals surface area contributed by atoms with E-state index in [1.54, 1.807) is 19.9 Å². The first-order chi connectivity index (χ1) is 15.9. The van der Waals surface area contributed by atoms with Gasteiger partial charge in [-0.25, -0.2) is 18.1 Å². The number of esters is 1. The van der Waals surface area contributed by atoms with Crippen LogP contribution < -0.4 is 10.2 Å². The van der Waals surface area contributed by atoms with Crippen LogP contribution in [0.15, 0.2) is 36.4 Å². The Bertz CT molecular complexity index is 1350. The molecule has 1 unspecified atom stereocenters. The highest BCUT2D eigenvalue weighted by Crippen LogP contribution is 2.32. The number of sulfone groups is 1. The molecular weight excluding hydrogens is 460 g/mol. The molecule has 0 saturated carbocycles. The lowest BCUT2D eigenvalue weighted by Gasteiger charge is -2.23.